The SMILES string of the molecule is c1ccc(-n2c(-c3ccc(N(c4ccc(-c5cc6ccccc6s5)cc4)c4ccc5c(c4)C(c4ccccc4)(c4ccccc4)c4ccccc4-5)cc3)nc3ccccc32)cc1. The molecular formula is C58H39N3S. The fraction of sp³-hybridized carbons (Fsp3) is 0.0172. The van der Waals surface area contributed by atoms with Gasteiger partial charge in [-0.3, -0.25) is 4.57 Å². The van der Waals surface area contributed by atoms with E-state index in [0.29, 0.717) is 0 Å². The third-order valence-corrected chi connectivity index (χ3v) is 13.7. The number of aromatic nitrogens is 2. The van der Waals surface area contributed by atoms with Crippen molar-refractivity contribution in [1.29, 1.82) is 0 Å². The normalized spacial score (nSPS) is 12.6. The first-order chi connectivity index (χ1) is 30.7. The summed E-state index contributed by atoms with van der Waals surface area (Å²) in [6, 6.07) is 85.9. The van der Waals surface area contributed by atoms with E-state index in [9.17, 15) is 0 Å². The highest BCUT2D eigenvalue weighted by Crippen LogP contribution is 2.57. The molecule has 0 radical (unpaired) electrons. The van der Waals surface area contributed by atoms with E-state index in [1.807, 2.05) is 11.3 Å². The third-order valence-electron chi connectivity index (χ3n) is 12.5. The van der Waals surface area contributed by atoms with Gasteiger partial charge in [-0.25, -0.2) is 4.98 Å². The third kappa shape index (κ3) is 5.76. The first kappa shape index (κ1) is 36.1. The lowest BCUT2D eigenvalue weighted by Gasteiger charge is -2.35. The van der Waals surface area contributed by atoms with Crippen molar-refractivity contribution < 1.29 is 0 Å². The predicted molar refractivity (Wildman–Crippen MR) is 259 cm³/mol. The van der Waals surface area contributed by atoms with Crippen LogP contribution in [0.3, 0.4) is 0 Å². The van der Waals surface area contributed by atoms with Crippen molar-refractivity contribution in [2.24, 2.45) is 0 Å². The zero-order valence-electron chi connectivity index (χ0n) is 33.8. The van der Waals surface area contributed by atoms with E-state index in [4.69, 9.17) is 4.98 Å². The number of thiophene rings is 1. The van der Waals surface area contributed by atoms with Gasteiger partial charge in [0.2, 0.25) is 0 Å². The molecule has 0 spiro atoms. The minimum absolute atomic E-state index is 0.512. The Kier molecular flexibility index (Phi) is 8.58. The summed E-state index contributed by atoms with van der Waals surface area (Å²) in [5, 5.41) is 1.28. The Balaban J connectivity index is 1.04. The van der Waals surface area contributed by atoms with Crippen LogP contribution in [0, 0.1) is 0 Å². The number of para-hydroxylation sites is 3. The molecule has 9 aromatic carbocycles. The number of hydrogen-bond donors (Lipinski definition) is 0. The molecule has 0 aliphatic heterocycles. The van der Waals surface area contributed by atoms with Gasteiger partial charge in [0.05, 0.1) is 16.4 Å². The van der Waals surface area contributed by atoms with Crippen LogP contribution in [0.25, 0.3) is 59.8 Å². The minimum atomic E-state index is -0.512. The van der Waals surface area contributed by atoms with Crippen LogP contribution in [0.1, 0.15) is 22.3 Å². The lowest BCUT2D eigenvalue weighted by Crippen LogP contribution is -2.28. The number of rotatable bonds is 8. The maximum absolute atomic E-state index is 5.19. The largest absolute Gasteiger partial charge is 0.310 e. The molecule has 4 heteroatoms. The van der Waals surface area contributed by atoms with Crippen molar-refractivity contribution in [3.8, 4) is 38.6 Å². The van der Waals surface area contributed by atoms with Crippen LogP contribution < -0.4 is 4.90 Å². The lowest BCUT2D eigenvalue weighted by molar-refractivity contribution is 0.768. The predicted octanol–water partition coefficient (Wildman–Crippen LogP) is 15.4. The highest BCUT2D eigenvalue weighted by Gasteiger charge is 2.46. The van der Waals surface area contributed by atoms with Crippen LogP contribution in [0.5, 0.6) is 0 Å². The number of fused-ring (bicyclic) bond motifs is 5. The molecular weight excluding hydrogens is 771 g/mol. The van der Waals surface area contributed by atoms with Gasteiger partial charge in [0.15, 0.2) is 0 Å². The van der Waals surface area contributed by atoms with Gasteiger partial charge >= 0.3 is 0 Å². The van der Waals surface area contributed by atoms with Gasteiger partial charge in [0, 0.05) is 37.9 Å². The Morgan fingerprint density at radius 3 is 1.71 bits per heavy atom. The molecule has 0 saturated heterocycles. The second-order valence-electron chi connectivity index (χ2n) is 15.9. The molecule has 11 aromatic rings. The second kappa shape index (κ2) is 14.7. The van der Waals surface area contributed by atoms with Crippen molar-refractivity contribution in [2.45, 2.75) is 5.41 Å². The van der Waals surface area contributed by atoms with Crippen LogP contribution in [0.15, 0.2) is 237 Å². The van der Waals surface area contributed by atoms with E-state index in [1.54, 1.807) is 0 Å². The number of hydrogen-bond acceptors (Lipinski definition) is 3. The standard InChI is InChI=1S/C58H39N3S/c1-4-17-43(18-5-1)58(44-19-6-2-7-20-44)51-24-12-11-23-49(51)50-37-36-48(39-52(50)58)60(46-32-28-40(29-33-46)56-38-42-16-10-15-27-55(42)62-56)47-34-30-41(31-35-47)57-59-53-25-13-14-26-54(53)61(57)45-21-8-3-9-22-45/h1-39H. The Bertz CT molecular complexity index is 3310. The van der Waals surface area contributed by atoms with E-state index in [1.165, 1.54) is 53.9 Å². The number of benzene rings is 9. The first-order valence-corrected chi connectivity index (χ1v) is 21.9. The van der Waals surface area contributed by atoms with Crippen molar-refractivity contribution in [1.82, 2.24) is 9.55 Å². The second-order valence-corrected chi connectivity index (χ2v) is 17.0. The monoisotopic (exact) mass is 809 g/mol. The van der Waals surface area contributed by atoms with Gasteiger partial charge in [-0.1, -0.05) is 152 Å². The van der Waals surface area contributed by atoms with Gasteiger partial charge in [-0.05, 0) is 129 Å². The summed E-state index contributed by atoms with van der Waals surface area (Å²) in [6.07, 6.45) is 0. The van der Waals surface area contributed by atoms with Gasteiger partial charge in [0.25, 0.3) is 0 Å². The van der Waals surface area contributed by atoms with E-state index < -0.39 is 5.41 Å². The highest BCUT2D eigenvalue weighted by atomic mass is 32.1. The zero-order chi connectivity index (χ0) is 41.0. The van der Waals surface area contributed by atoms with E-state index in [-0.39, 0.29) is 0 Å². The number of anilines is 3. The summed E-state index contributed by atoms with van der Waals surface area (Å²) >= 11 is 1.84. The molecule has 0 amide bonds. The zero-order valence-corrected chi connectivity index (χ0v) is 34.6. The van der Waals surface area contributed by atoms with Crippen molar-refractivity contribution in [3.05, 3.63) is 259 Å². The summed E-state index contributed by atoms with van der Waals surface area (Å²) in [5.41, 5.74) is 15.7. The molecule has 3 nitrogen and oxygen atoms in total. The summed E-state index contributed by atoms with van der Waals surface area (Å²) in [4.78, 5) is 8.86. The maximum Gasteiger partial charge on any atom is 0.145 e. The van der Waals surface area contributed by atoms with Crippen molar-refractivity contribution in [3.63, 3.8) is 0 Å². The van der Waals surface area contributed by atoms with Gasteiger partial charge in [-0.15, -0.1) is 11.3 Å². The topological polar surface area (TPSA) is 21.1 Å². The van der Waals surface area contributed by atoms with E-state index in [2.05, 4.69) is 246 Å². The van der Waals surface area contributed by atoms with E-state index in [0.717, 1.165) is 45.2 Å². The van der Waals surface area contributed by atoms with Crippen LogP contribution in [0.4, 0.5) is 17.1 Å². The molecule has 0 fully saturated rings. The summed E-state index contributed by atoms with van der Waals surface area (Å²) in [5.74, 6) is 0.911. The molecule has 0 saturated carbocycles. The Morgan fingerprint density at radius 1 is 0.435 bits per heavy atom. The molecule has 1 aliphatic carbocycles. The fourth-order valence-electron chi connectivity index (χ4n) is 9.74. The smallest absolute Gasteiger partial charge is 0.145 e. The lowest BCUT2D eigenvalue weighted by atomic mass is 9.67. The number of nitrogens with zero attached hydrogens (tertiary/aromatic N) is 3. The average Bonchev–Trinajstić information content (AvgIpc) is 4.04. The van der Waals surface area contributed by atoms with E-state index >= 15 is 0 Å². The Hall–Kier alpha value is -7.79. The van der Waals surface area contributed by atoms with Crippen LogP contribution in [0.2, 0.25) is 0 Å². The van der Waals surface area contributed by atoms with Gasteiger partial charge < -0.3 is 4.90 Å². The fourth-order valence-corrected chi connectivity index (χ4v) is 10.8. The average molecular weight is 810 g/mol. The minimum Gasteiger partial charge on any atom is -0.310 e. The molecule has 2 aromatic heterocycles. The molecule has 0 N–H and O–H groups in total. The van der Waals surface area contributed by atoms with Gasteiger partial charge in [-0.2, -0.15) is 0 Å². The molecule has 12 rings (SSSR count). The van der Waals surface area contributed by atoms with Crippen molar-refractivity contribution >= 4 is 49.5 Å². The highest BCUT2D eigenvalue weighted by molar-refractivity contribution is 7.22. The number of imidazole rings is 1. The summed E-state index contributed by atoms with van der Waals surface area (Å²) in [6.45, 7) is 0. The first-order valence-electron chi connectivity index (χ1n) is 21.1. The Labute approximate surface area is 365 Å². The quantitative estimate of drug-likeness (QED) is 0.152. The van der Waals surface area contributed by atoms with Crippen LogP contribution >= 0.6 is 11.3 Å². The molecule has 292 valence electrons. The summed E-state index contributed by atoms with van der Waals surface area (Å²) in [7, 11) is 0. The molecule has 62 heavy (non-hydrogen) atoms. The molecule has 2 heterocycles. The Morgan fingerprint density at radius 2 is 1.00 bits per heavy atom. The molecule has 0 atom stereocenters. The van der Waals surface area contributed by atoms with Crippen LogP contribution in [-0.4, -0.2) is 9.55 Å². The molecule has 1 aliphatic rings. The van der Waals surface area contributed by atoms with Crippen molar-refractivity contribution in [2.75, 3.05) is 4.90 Å². The van der Waals surface area contributed by atoms with Gasteiger partial charge in [0.1, 0.15) is 5.82 Å². The molecule has 0 unspecified atom stereocenters. The van der Waals surface area contributed by atoms with Crippen LogP contribution in [-0.2, 0) is 5.41 Å². The maximum atomic E-state index is 5.19. The molecule has 0 bridgehead atoms. The summed E-state index contributed by atoms with van der Waals surface area (Å²) < 4.78 is 3.56.